The van der Waals surface area contributed by atoms with Gasteiger partial charge in [-0.05, 0) is 44.9 Å². The number of aliphatic hydroxyl groups is 5. The molecule has 7 unspecified atom stereocenters. The van der Waals surface area contributed by atoms with Crippen LogP contribution in [-0.4, -0.2) is 87.5 Å². The Morgan fingerprint density at radius 3 is 1.02 bits per heavy atom. The molecule has 7 atom stereocenters. The Hall–Kier alpha value is -1.59. The summed E-state index contributed by atoms with van der Waals surface area (Å²) < 4.78 is 11.3. The van der Waals surface area contributed by atoms with E-state index in [2.05, 4.69) is 43.5 Å². The Morgan fingerprint density at radius 2 is 0.695 bits per heavy atom. The molecule has 1 saturated heterocycles. The summed E-state index contributed by atoms with van der Waals surface area (Å²) in [6.07, 6.45) is 77.1. The number of ether oxygens (including phenoxy) is 2. The van der Waals surface area contributed by atoms with Crippen molar-refractivity contribution in [3.05, 3.63) is 36.5 Å². The van der Waals surface area contributed by atoms with E-state index in [1.807, 2.05) is 6.08 Å². The molecule has 0 aliphatic carbocycles. The summed E-state index contributed by atoms with van der Waals surface area (Å²) in [6, 6.07) is -0.827. The normalized spacial score (nSPS) is 18.5. The van der Waals surface area contributed by atoms with Gasteiger partial charge in [-0.3, -0.25) is 4.79 Å². The number of rotatable bonds is 64. The van der Waals surface area contributed by atoms with Crippen LogP contribution in [0.2, 0.25) is 0 Å². The Bertz CT molecular complexity index is 1390. The Morgan fingerprint density at radius 1 is 0.402 bits per heavy atom. The number of amides is 1. The van der Waals surface area contributed by atoms with Crippen molar-refractivity contribution in [1.29, 1.82) is 0 Å². The number of carbonyl (C=O) groups is 1. The highest BCUT2D eigenvalue weighted by molar-refractivity contribution is 5.76. The van der Waals surface area contributed by atoms with Crippen LogP contribution in [-0.2, 0) is 14.3 Å². The van der Waals surface area contributed by atoms with Gasteiger partial charge in [0.1, 0.15) is 24.4 Å². The number of aliphatic hydroxyl groups excluding tert-OH is 5. The maximum absolute atomic E-state index is 13.1. The van der Waals surface area contributed by atoms with Crippen molar-refractivity contribution >= 4 is 5.91 Å². The lowest BCUT2D eigenvalue weighted by molar-refractivity contribution is -0.302. The van der Waals surface area contributed by atoms with E-state index < -0.39 is 49.5 Å². The lowest BCUT2D eigenvalue weighted by Crippen LogP contribution is -2.60. The first-order chi connectivity index (χ1) is 40.3. The summed E-state index contributed by atoms with van der Waals surface area (Å²) in [5, 5.41) is 54.7. The summed E-state index contributed by atoms with van der Waals surface area (Å²) in [6.45, 7) is 3.80. The number of hydrogen-bond donors (Lipinski definition) is 6. The molecule has 0 bridgehead atoms. The van der Waals surface area contributed by atoms with Gasteiger partial charge in [-0.1, -0.05) is 352 Å². The van der Waals surface area contributed by atoms with Gasteiger partial charge in [-0.25, -0.2) is 0 Å². The van der Waals surface area contributed by atoms with E-state index in [0.29, 0.717) is 6.42 Å². The fraction of sp³-hybridized carbons (Fsp3) is 0.904. The molecule has 0 aromatic heterocycles. The fourth-order valence-corrected chi connectivity index (χ4v) is 11.8. The largest absolute Gasteiger partial charge is 0.394 e. The Kier molecular flexibility index (Phi) is 59.7. The first kappa shape index (κ1) is 78.4. The molecule has 6 N–H and O–H groups in total. The molecule has 1 aliphatic heterocycles. The molecule has 484 valence electrons. The van der Waals surface area contributed by atoms with Gasteiger partial charge >= 0.3 is 0 Å². The van der Waals surface area contributed by atoms with E-state index in [4.69, 9.17) is 9.47 Å². The molecular weight excluding hydrogens is 1020 g/mol. The average molecular weight is 1160 g/mol. The quantitative estimate of drug-likeness (QED) is 0.0261. The molecule has 1 fully saturated rings. The molecule has 1 rings (SSSR count). The number of allylic oxidation sites excluding steroid dienone is 5. The monoisotopic (exact) mass is 1160 g/mol. The van der Waals surface area contributed by atoms with Crippen LogP contribution in [0, 0.1) is 0 Å². The molecule has 0 saturated carbocycles. The third kappa shape index (κ3) is 50.6. The van der Waals surface area contributed by atoms with Crippen LogP contribution in [0.1, 0.15) is 367 Å². The van der Waals surface area contributed by atoms with Crippen molar-refractivity contribution in [1.82, 2.24) is 5.32 Å². The van der Waals surface area contributed by atoms with E-state index in [-0.39, 0.29) is 12.5 Å². The second-order valence-electron chi connectivity index (χ2n) is 25.4. The number of nitrogens with one attached hydrogen (secondary N) is 1. The van der Waals surface area contributed by atoms with E-state index in [0.717, 1.165) is 44.9 Å². The van der Waals surface area contributed by atoms with E-state index in [1.165, 1.54) is 302 Å². The summed E-state index contributed by atoms with van der Waals surface area (Å²) in [7, 11) is 0. The van der Waals surface area contributed by atoms with Crippen molar-refractivity contribution in [3.63, 3.8) is 0 Å². The van der Waals surface area contributed by atoms with Gasteiger partial charge in [-0.15, -0.1) is 0 Å². The first-order valence-corrected chi connectivity index (χ1v) is 36.2. The minimum Gasteiger partial charge on any atom is -0.394 e. The molecule has 9 heteroatoms. The van der Waals surface area contributed by atoms with E-state index in [1.54, 1.807) is 6.08 Å². The number of unbranched alkanes of at least 4 members (excludes halogenated alkanes) is 50. The lowest BCUT2D eigenvalue weighted by Gasteiger charge is -2.40. The molecule has 1 amide bonds. The molecule has 1 aliphatic rings. The van der Waals surface area contributed by atoms with Crippen LogP contribution in [0.15, 0.2) is 36.5 Å². The highest BCUT2D eigenvalue weighted by atomic mass is 16.7. The van der Waals surface area contributed by atoms with Gasteiger partial charge in [-0.2, -0.15) is 0 Å². The molecule has 82 heavy (non-hydrogen) atoms. The maximum atomic E-state index is 13.1. The smallest absolute Gasteiger partial charge is 0.220 e. The van der Waals surface area contributed by atoms with Gasteiger partial charge in [0.25, 0.3) is 0 Å². The molecule has 0 spiro atoms. The number of hydrogen-bond acceptors (Lipinski definition) is 8. The predicted octanol–water partition coefficient (Wildman–Crippen LogP) is 19.8. The van der Waals surface area contributed by atoms with Gasteiger partial charge in [0.15, 0.2) is 6.29 Å². The third-order valence-electron chi connectivity index (χ3n) is 17.4. The van der Waals surface area contributed by atoms with Crippen LogP contribution in [0.3, 0.4) is 0 Å². The molecular formula is C73H139NO8. The maximum Gasteiger partial charge on any atom is 0.220 e. The zero-order chi connectivity index (χ0) is 59.3. The van der Waals surface area contributed by atoms with Gasteiger partial charge in [0.2, 0.25) is 5.91 Å². The molecule has 9 nitrogen and oxygen atoms in total. The van der Waals surface area contributed by atoms with Crippen LogP contribution >= 0.6 is 0 Å². The number of carbonyl (C=O) groups excluding carboxylic acids is 1. The fourth-order valence-electron chi connectivity index (χ4n) is 11.8. The summed E-state index contributed by atoms with van der Waals surface area (Å²) in [5.74, 6) is -0.183. The van der Waals surface area contributed by atoms with Crippen molar-refractivity contribution in [2.75, 3.05) is 13.2 Å². The molecule has 1 heterocycles. The van der Waals surface area contributed by atoms with E-state index in [9.17, 15) is 30.3 Å². The van der Waals surface area contributed by atoms with Gasteiger partial charge < -0.3 is 40.3 Å². The van der Waals surface area contributed by atoms with Crippen LogP contribution in [0.25, 0.3) is 0 Å². The lowest BCUT2D eigenvalue weighted by atomic mass is 9.99. The predicted molar refractivity (Wildman–Crippen MR) is 350 cm³/mol. The summed E-state index contributed by atoms with van der Waals surface area (Å²) in [5.41, 5.74) is 0. The van der Waals surface area contributed by atoms with Crippen LogP contribution < -0.4 is 5.32 Å². The third-order valence-corrected chi connectivity index (χ3v) is 17.4. The Labute approximate surface area is 508 Å². The minimum absolute atomic E-state index is 0.183. The van der Waals surface area contributed by atoms with Gasteiger partial charge in [0.05, 0.1) is 25.4 Å². The van der Waals surface area contributed by atoms with Crippen LogP contribution in [0.5, 0.6) is 0 Å². The van der Waals surface area contributed by atoms with E-state index >= 15 is 0 Å². The molecule has 0 aromatic rings. The zero-order valence-electron chi connectivity index (χ0n) is 54.3. The highest BCUT2D eigenvalue weighted by Gasteiger charge is 2.44. The molecule has 0 radical (unpaired) electrons. The molecule has 0 aromatic carbocycles. The van der Waals surface area contributed by atoms with Crippen molar-refractivity contribution in [2.24, 2.45) is 0 Å². The Balaban J connectivity index is 2.06. The topological polar surface area (TPSA) is 149 Å². The van der Waals surface area contributed by atoms with Crippen molar-refractivity contribution in [2.45, 2.75) is 410 Å². The second-order valence-corrected chi connectivity index (χ2v) is 25.4. The minimum atomic E-state index is -1.57. The van der Waals surface area contributed by atoms with Gasteiger partial charge in [0, 0.05) is 6.42 Å². The van der Waals surface area contributed by atoms with Crippen LogP contribution in [0.4, 0.5) is 0 Å². The standard InChI is InChI=1S/C73H139NO8/c1-3-5-7-9-11-13-15-17-19-21-23-25-26-27-28-29-30-31-32-33-34-35-36-37-38-39-40-41-42-43-45-47-49-51-53-55-57-59-61-63-69(77)74-66(65-81-73-72(80)71(79)70(78)68(64-75)82-73)67(76)62-60-58-56-54-52-50-48-46-44-24-22-20-18-16-14-12-10-8-6-4-2/h44,46,52,54,60,62,66-68,70-73,75-76,78-80H,3-43,45,47-51,53,55-59,61,63-65H2,1-2H3,(H,74,77)/b46-44+,54-52+,62-60+. The first-order valence-electron chi connectivity index (χ1n) is 36.2. The van der Waals surface area contributed by atoms with Crippen molar-refractivity contribution < 1.29 is 39.8 Å². The summed E-state index contributed by atoms with van der Waals surface area (Å²) in [4.78, 5) is 13.1. The second kappa shape index (κ2) is 62.5. The highest BCUT2D eigenvalue weighted by Crippen LogP contribution is 2.24. The zero-order valence-corrected chi connectivity index (χ0v) is 54.3. The summed E-state index contributed by atoms with van der Waals surface area (Å²) >= 11 is 0. The SMILES string of the molecule is CCCCCCCCCCCC/C=C/CC/C=C/CC/C=C/C(O)C(COC1OC(CO)C(O)C(O)C1O)NC(=O)CCCCCCCCCCCCCCCCCCCCCCCCCCCCCCCCCCCCCCCCC. The average Bonchev–Trinajstić information content (AvgIpc) is 3.57. The van der Waals surface area contributed by atoms with Crippen molar-refractivity contribution in [3.8, 4) is 0 Å².